The molecule has 0 bridgehead atoms. The largest absolute Gasteiger partial charge is 0.492 e. The van der Waals surface area contributed by atoms with Crippen LogP contribution in [0.5, 0.6) is 5.75 Å². The number of rotatable bonds is 8. The zero-order chi connectivity index (χ0) is 19.8. The molecule has 1 fully saturated rings. The molecular weight excluding hydrogens is 360 g/mol. The molecule has 1 aliphatic heterocycles. The third-order valence-corrected chi connectivity index (χ3v) is 4.45. The highest BCUT2D eigenvalue weighted by molar-refractivity contribution is 6.09. The van der Waals surface area contributed by atoms with Crippen LogP contribution in [0.2, 0.25) is 0 Å². The van der Waals surface area contributed by atoms with Gasteiger partial charge in [-0.2, -0.15) is 0 Å². The Morgan fingerprint density at radius 1 is 1.14 bits per heavy atom. The molecule has 0 N–H and O–H groups in total. The quantitative estimate of drug-likeness (QED) is 0.302. The molecule has 0 aromatic heterocycles. The van der Waals surface area contributed by atoms with Gasteiger partial charge in [-0.05, 0) is 29.8 Å². The minimum atomic E-state index is -0.551. The summed E-state index contributed by atoms with van der Waals surface area (Å²) in [4.78, 5) is 25.1. The van der Waals surface area contributed by atoms with Crippen molar-refractivity contribution in [3.8, 4) is 5.75 Å². The van der Waals surface area contributed by atoms with Crippen molar-refractivity contribution in [2.75, 3.05) is 39.5 Å². The van der Waals surface area contributed by atoms with Gasteiger partial charge in [-0.25, -0.2) is 0 Å². The topological polar surface area (TPSA) is 81.9 Å². The van der Waals surface area contributed by atoms with Gasteiger partial charge >= 0.3 is 0 Å². The van der Waals surface area contributed by atoms with E-state index in [9.17, 15) is 14.9 Å². The van der Waals surface area contributed by atoms with Crippen LogP contribution in [0.15, 0.2) is 54.6 Å². The Bertz CT molecular complexity index is 842. The van der Waals surface area contributed by atoms with Crippen molar-refractivity contribution in [3.63, 3.8) is 0 Å². The van der Waals surface area contributed by atoms with Crippen molar-refractivity contribution in [2.45, 2.75) is 0 Å². The maximum atomic E-state index is 12.3. The molecular formula is C21H22N2O5. The highest BCUT2D eigenvalue weighted by Gasteiger charge is 2.16. The van der Waals surface area contributed by atoms with E-state index in [1.807, 2.05) is 24.3 Å². The van der Waals surface area contributed by atoms with Crippen LogP contribution in [0, 0.1) is 10.1 Å². The number of hydrogen-bond donors (Lipinski definition) is 0. The van der Waals surface area contributed by atoms with E-state index in [-0.39, 0.29) is 11.3 Å². The Kier molecular flexibility index (Phi) is 6.89. The third-order valence-electron chi connectivity index (χ3n) is 4.45. The minimum Gasteiger partial charge on any atom is -0.492 e. The van der Waals surface area contributed by atoms with Gasteiger partial charge in [0.1, 0.15) is 12.4 Å². The summed E-state index contributed by atoms with van der Waals surface area (Å²) in [7, 11) is 0. The Balaban J connectivity index is 1.53. The third kappa shape index (κ3) is 5.48. The van der Waals surface area contributed by atoms with Crippen LogP contribution < -0.4 is 4.74 Å². The zero-order valence-corrected chi connectivity index (χ0v) is 15.5. The fraction of sp³-hybridized carbons (Fsp3) is 0.286. The van der Waals surface area contributed by atoms with E-state index in [1.54, 1.807) is 12.1 Å². The van der Waals surface area contributed by atoms with Crippen LogP contribution in [-0.4, -0.2) is 55.1 Å². The molecule has 0 saturated carbocycles. The maximum Gasteiger partial charge on any atom is 0.280 e. The summed E-state index contributed by atoms with van der Waals surface area (Å²) in [6.45, 7) is 4.86. The van der Waals surface area contributed by atoms with Crippen molar-refractivity contribution >= 4 is 17.5 Å². The van der Waals surface area contributed by atoms with Crippen LogP contribution in [-0.2, 0) is 4.74 Å². The van der Waals surface area contributed by atoms with Gasteiger partial charge in [0.05, 0.1) is 23.7 Å². The van der Waals surface area contributed by atoms with Gasteiger partial charge in [0.2, 0.25) is 0 Å². The number of ether oxygens (including phenoxy) is 2. The van der Waals surface area contributed by atoms with Crippen LogP contribution in [0.1, 0.15) is 15.9 Å². The monoisotopic (exact) mass is 382 g/mol. The van der Waals surface area contributed by atoms with E-state index in [1.165, 1.54) is 24.3 Å². The van der Waals surface area contributed by atoms with Gasteiger partial charge in [0.15, 0.2) is 5.78 Å². The molecule has 7 heteroatoms. The summed E-state index contributed by atoms with van der Waals surface area (Å²) >= 11 is 0. The van der Waals surface area contributed by atoms with Crippen molar-refractivity contribution in [1.82, 2.24) is 4.90 Å². The lowest BCUT2D eigenvalue weighted by Crippen LogP contribution is -2.38. The molecule has 1 aliphatic rings. The number of benzene rings is 2. The first kappa shape index (κ1) is 19.7. The number of nitrogens with zero attached hydrogens (tertiary/aromatic N) is 2. The second kappa shape index (κ2) is 9.77. The molecule has 1 heterocycles. The van der Waals surface area contributed by atoms with E-state index in [0.29, 0.717) is 6.61 Å². The van der Waals surface area contributed by atoms with E-state index < -0.39 is 10.7 Å². The summed E-state index contributed by atoms with van der Waals surface area (Å²) in [5.41, 5.74) is 0.695. The Morgan fingerprint density at radius 2 is 1.86 bits per heavy atom. The average molecular weight is 382 g/mol. The number of ketones is 1. The number of nitro benzene ring substituents is 1. The molecule has 2 aromatic rings. The first-order chi connectivity index (χ1) is 13.6. The summed E-state index contributed by atoms with van der Waals surface area (Å²) in [5.74, 6) is 0.355. The van der Waals surface area contributed by atoms with E-state index in [4.69, 9.17) is 9.47 Å². The number of carbonyl (C=O) groups excluding carboxylic acids is 1. The van der Waals surface area contributed by atoms with Crippen molar-refractivity contribution < 1.29 is 19.2 Å². The minimum absolute atomic E-state index is 0.0758. The lowest BCUT2D eigenvalue weighted by Gasteiger charge is -2.26. The van der Waals surface area contributed by atoms with E-state index in [0.717, 1.165) is 44.2 Å². The van der Waals surface area contributed by atoms with Gasteiger partial charge in [-0.3, -0.25) is 19.8 Å². The van der Waals surface area contributed by atoms with Crippen molar-refractivity contribution in [2.24, 2.45) is 0 Å². The number of morpholine rings is 1. The average Bonchev–Trinajstić information content (AvgIpc) is 2.73. The second-order valence-electron chi connectivity index (χ2n) is 6.34. The molecule has 0 radical (unpaired) electrons. The highest BCUT2D eigenvalue weighted by atomic mass is 16.6. The maximum absolute atomic E-state index is 12.3. The molecule has 1 saturated heterocycles. The molecule has 0 spiro atoms. The van der Waals surface area contributed by atoms with Crippen molar-refractivity contribution in [1.29, 1.82) is 0 Å². The molecule has 28 heavy (non-hydrogen) atoms. The first-order valence-corrected chi connectivity index (χ1v) is 9.12. The number of hydrogen-bond acceptors (Lipinski definition) is 6. The number of para-hydroxylation sites is 1. The Hall–Kier alpha value is -3.03. The molecule has 0 amide bonds. The Morgan fingerprint density at radius 3 is 2.57 bits per heavy atom. The smallest absolute Gasteiger partial charge is 0.280 e. The summed E-state index contributed by atoms with van der Waals surface area (Å²) in [6, 6.07) is 13.3. The predicted octanol–water partition coefficient (Wildman–Crippen LogP) is 3.20. The van der Waals surface area contributed by atoms with Crippen molar-refractivity contribution in [3.05, 3.63) is 75.8 Å². The SMILES string of the molecule is O=C(/C=C/c1ccc(OCCN2CCOCC2)cc1)c1ccccc1[N+](=O)[O-]. The number of allylic oxidation sites excluding steroid dienone is 1. The Labute approximate surface area is 163 Å². The zero-order valence-electron chi connectivity index (χ0n) is 15.5. The van der Waals surface area contributed by atoms with E-state index >= 15 is 0 Å². The summed E-state index contributed by atoms with van der Waals surface area (Å²) < 4.78 is 11.1. The number of carbonyl (C=O) groups is 1. The predicted molar refractivity (Wildman–Crippen MR) is 106 cm³/mol. The van der Waals surface area contributed by atoms with Gasteiger partial charge in [-0.1, -0.05) is 30.3 Å². The first-order valence-electron chi connectivity index (χ1n) is 9.12. The standard InChI is InChI=1S/C21H22N2O5/c24-21(19-3-1-2-4-20(19)23(25)26)10-7-17-5-8-18(9-6-17)28-16-13-22-11-14-27-15-12-22/h1-10H,11-16H2/b10-7+. The summed E-state index contributed by atoms with van der Waals surface area (Å²) in [5, 5.41) is 11.0. The molecule has 0 atom stereocenters. The fourth-order valence-electron chi connectivity index (χ4n) is 2.90. The lowest BCUT2D eigenvalue weighted by molar-refractivity contribution is -0.385. The van der Waals surface area contributed by atoms with Crippen LogP contribution >= 0.6 is 0 Å². The molecule has 0 aliphatic carbocycles. The number of nitro groups is 1. The fourth-order valence-corrected chi connectivity index (χ4v) is 2.90. The molecule has 7 nitrogen and oxygen atoms in total. The van der Waals surface area contributed by atoms with Gasteiger partial charge in [-0.15, -0.1) is 0 Å². The molecule has 2 aromatic carbocycles. The molecule has 3 rings (SSSR count). The van der Waals surface area contributed by atoms with Gasteiger partial charge < -0.3 is 9.47 Å². The van der Waals surface area contributed by atoms with Crippen LogP contribution in [0.4, 0.5) is 5.69 Å². The van der Waals surface area contributed by atoms with Gasteiger partial charge in [0.25, 0.3) is 5.69 Å². The normalized spacial score (nSPS) is 14.9. The van der Waals surface area contributed by atoms with Crippen LogP contribution in [0.3, 0.4) is 0 Å². The highest BCUT2D eigenvalue weighted by Crippen LogP contribution is 2.19. The lowest BCUT2D eigenvalue weighted by atomic mass is 10.1. The molecule has 146 valence electrons. The van der Waals surface area contributed by atoms with E-state index in [2.05, 4.69) is 4.90 Å². The summed E-state index contributed by atoms with van der Waals surface area (Å²) in [6.07, 6.45) is 2.98. The van der Waals surface area contributed by atoms with Gasteiger partial charge in [0, 0.05) is 25.7 Å². The second-order valence-corrected chi connectivity index (χ2v) is 6.34. The van der Waals surface area contributed by atoms with Crippen LogP contribution in [0.25, 0.3) is 6.08 Å². The molecule has 0 unspecified atom stereocenters.